The van der Waals surface area contributed by atoms with Crippen LogP contribution in [0.4, 0.5) is 13.2 Å². The van der Waals surface area contributed by atoms with Gasteiger partial charge in [-0.2, -0.15) is 18.3 Å². The summed E-state index contributed by atoms with van der Waals surface area (Å²) in [6.45, 7) is 0. The lowest BCUT2D eigenvalue weighted by atomic mass is 10.2. The molecular weight excluding hydrogens is 283 g/mol. The summed E-state index contributed by atoms with van der Waals surface area (Å²) >= 11 is 0. The molecule has 0 amide bonds. The molecule has 0 aliphatic carbocycles. The molecule has 0 saturated heterocycles. The normalized spacial score (nSPS) is 12.6. The van der Waals surface area contributed by atoms with Crippen molar-refractivity contribution in [1.82, 2.24) is 9.78 Å². The predicted molar refractivity (Wildman–Crippen MR) is 59.9 cm³/mol. The van der Waals surface area contributed by atoms with Crippen molar-refractivity contribution >= 4 is 10.0 Å². The highest BCUT2D eigenvalue weighted by molar-refractivity contribution is 7.89. The zero-order valence-electron chi connectivity index (χ0n) is 9.29. The molecule has 1 aromatic heterocycles. The van der Waals surface area contributed by atoms with Crippen LogP contribution in [-0.4, -0.2) is 18.2 Å². The van der Waals surface area contributed by atoms with Crippen molar-refractivity contribution in [2.45, 2.75) is 11.1 Å². The summed E-state index contributed by atoms with van der Waals surface area (Å²) in [7, 11) is -3.88. The molecule has 0 fully saturated rings. The molecule has 102 valence electrons. The molecule has 0 unspecified atom stereocenters. The van der Waals surface area contributed by atoms with Gasteiger partial charge in [0.15, 0.2) is 0 Å². The van der Waals surface area contributed by atoms with Crippen LogP contribution in [-0.2, 0) is 16.2 Å². The van der Waals surface area contributed by atoms with Gasteiger partial charge in [0.25, 0.3) is 0 Å². The number of hydrogen-bond donors (Lipinski definition) is 1. The van der Waals surface area contributed by atoms with Gasteiger partial charge in [-0.3, -0.25) is 0 Å². The number of nitrogens with zero attached hydrogens (tertiary/aromatic N) is 2. The summed E-state index contributed by atoms with van der Waals surface area (Å²) in [5.41, 5.74) is -0.502. The van der Waals surface area contributed by atoms with E-state index in [1.165, 1.54) is 12.1 Å². The number of nitrogens with two attached hydrogens (primary N) is 1. The van der Waals surface area contributed by atoms with Gasteiger partial charge in [-0.25, -0.2) is 18.2 Å². The number of aromatic nitrogens is 2. The predicted octanol–water partition coefficient (Wildman–Crippen LogP) is 1.54. The van der Waals surface area contributed by atoms with Crippen molar-refractivity contribution < 1.29 is 21.6 Å². The molecule has 0 aliphatic rings. The Morgan fingerprint density at radius 2 is 1.74 bits per heavy atom. The smallest absolute Gasteiger partial charge is 0.240 e. The van der Waals surface area contributed by atoms with Crippen molar-refractivity contribution in [3.8, 4) is 5.69 Å². The van der Waals surface area contributed by atoms with E-state index in [0.717, 1.165) is 29.2 Å². The van der Waals surface area contributed by atoms with Gasteiger partial charge in [0, 0.05) is 0 Å². The van der Waals surface area contributed by atoms with Crippen LogP contribution in [0.15, 0.2) is 41.6 Å². The third-order valence-corrected chi connectivity index (χ3v) is 3.21. The highest BCUT2D eigenvalue weighted by Gasteiger charge is 2.30. The summed E-state index contributed by atoms with van der Waals surface area (Å²) in [5.74, 6) is 0. The Morgan fingerprint density at radius 3 is 2.16 bits per heavy atom. The zero-order valence-corrected chi connectivity index (χ0v) is 10.1. The molecule has 2 rings (SSSR count). The Labute approximate surface area is 106 Å². The fourth-order valence-corrected chi connectivity index (χ4v) is 1.84. The Bertz CT molecular complexity index is 690. The molecule has 5 nitrogen and oxygen atoms in total. The van der Waals surface area contributed by atoms with E-state index in [1.54, 1.807) is 0 Å². The van der Waals surface area contributed by atoms with E-state index in [2.05, 4.69) is 5.10 Å². The third kappa shape index (κ3) is 2.93. The minimum Gasteiger partial charge on any atom is -0.240 e. The zero-order chi connectivity index (χ0) is 14.3. The lowest BCUT2D eigenvalue weighted by Crippen LogP contribution is -2.11. The molecule has 19 heavy (non-hydrogen) atoms. The second-order valence-electron chi connectivity index (χ2n) is 3.71. The van der Waals surface area contributed by atoms with Crippen molar-refractivity contribution in [2.75, 3.05) is 0 Å². The van der Waals surface area contributed by atoms with Crippen LogP contribution in [0.5, 0.6) is 0 Å². The number of alkyl halides is 3. The molecule has 0 saturated carbocycles. The summed E-state index contributed by atoms with van der Waals surface area (Å²) < 4.78 is 60.3. The minimum absolute atomic E-state index is 0.215. The summed E-state index contributed by atoms with van der Waals surface area (Å²) in [5, 5.41) is 8.62. The van der Waals surface area contributed by atoms with Crippen LogP contribution < -0.4 is 5.14 Å². The number of hydrogen-bond acceptors (Lipinski definition) is 3. The van der Waals surface area contributed by atoms with E-state index in [-0.39, 0.29) is 4.90 Å². The minimum atomic E-state index is -4.42. The fraction of sp³-hybridized carbons (Fsp3) is 0.100. The van der Waals surface area contributed by atoms with Crippen LogP contribution in [0.2, 0.25) is 0 Å². The van der Waals surface area contributed by atoms with Crippen LogP contribution in [0.25, 0.3) is 5.69 Å². The number of primary sulfonamides is 1. The van der Waals surface area contributed by atoms with Gasteiger partial charge in [-0.15, -0.1) is 0 Å². The van der Waals surface area contributed by atoms with Crippen molar-refractivity contribution in [2.24, 2.45) is 5.14 Å². The lowest BCUT2D eigenvalue weighted by Gasteiger charge is -2.07. The topological polar surface area (TPSA) is 78.0 Å². The maximum Gasteiger partial charge on any atom is 0.416 e. The van der Waals surface area contributed by atoms with E-state index in [1.807, 2.05) is 0 Å². The van der Waals surface area contributed by atoms with Gasteiger partial charge in [0.05, 0.1) is 23.6 Å². The van der Waals surface area contributed by atoms with Crippen molar-refractivity contribution in [3.63, 3.8) is 0 Å². The van der Waals surface area contributed by atoms with Crippen LogP contribution in [0.3, 0.4) is 0 Å². The van der Waals surface area contributed by atoms with Crippen LogP contribution in [0, 0.1) is 0 Å². The summed E-state index contributed by atoms with van der Waals surface area (Å²) in [6.07, 6.45) is -2.28. The summed E-state index contributed by atoms with van der Waals surface area (Å²) in [4.78, 5) is -0.215. The lowest BCUT2D eigenvalue weighted by molar-refractivity contribution is -0.137. The Balaban J connectivity index is 2.36. The van der Waals surface area contributed by atoms with Gasteiger partial charge in [0.1, 0.15) is 4.90 Å². The Kier molecular flexibility index (Phi) is 3.11. The molecule has 1 heterocycles. The first-order valence-corrected chi connectivity index (χ1v) is 6.48. The Morgan fingerprint density at radius 1 is 1.16 bits per heavy atom. The monoisotopic (exact) mass is 291 g/mol. The van der Waals surface area contributed by atoms with Gasteiger partial charge in [-0.05, 0) is 24.3 Å². The molecule has 0 atom stereocenters. The van der Waals surface area contributed by atoms with Crippen molar-refractivity contribution in [1.29, 1.82) is 0 Å². The first-order valence-electron chi connectivity index (χ1n) is 4.93. The molecule has 0 bridgehead atoms. The van der Waals surface area contributed by atoms with E-state index < -0.39 is 21.8 Å². The molecule has 2 N–H and O–H groups in total. The highest BCUT2D eigenvalue weighted by Crippen LogP contribution is 2.29. The second kappa shape index (κ2) is 4.35. The maximum absolute atomic E-state index is 12.4. The SMILES string of the molecule is NS(=O)(=O)c1cnn(-c2ccc(C(F)(F)F)cc2)c1. The van der Waals surface area contributed by atoms with Crippen LogP contribution >= 0.6 is 0 Å². The number of halogens is 3. The fourth-order valence-electron chi connectivity index (χ4n) is 1.40. The standard InChI is InChI=1S/C10H8F3N3O2S/c11-10(12,13)7-1-3-8(4-2-7)16-6-9(5-15-16)19(14,17)18/h1-6H,(H2,14,17,18). The molecule has 0 radical (unpaired) electrons. The van der Waals surface area contributed by atoms with Gasteiger partial charge < -0.3 is 0 Å². The summed E-state index contributed by atoms with van der Waals surface area (Å²) in [6, 6.07) is 4.13. The van der Waals surface area contributed by atoms with Gasteiger partial charge >= 0.3 is 6.18 Å². The molecule has 9 heteroatoms. The Hall–Kier alpha value is -1.87. The van der Waals surface area contributed by atoms with E-state index in [0.29, 0.717) is 5.69 Å². The van der Waals surface area contributed by atoms with Crippen molar-refractivity contribution in [3.05, 3.63) is 42.2 Å². The number of benzene rings is 1. The number of rotatable bonds is 2. The quantitative estimate of drug-likeness (QED) is 0.911. The second-order valence-corrected chi connectivity index (χ2v) is 5.27. The van der Waals surface area contributed by atoms with Gasteiger partial charge in [0.2, 0.25) is 10.0 Å². The molecule has 0 aliphatic heterocycles. The van der Waals surface area contributed by atoms with Gasteiger partial charge in [-0.1, -0.05) is 0 Å². The average Bonchev–Trinajstić information content (AvgIpc) is 2.77. The molecule has 2 aromatic rings. The van der Waals surface area contributed by atoms with Crippen LogP contribution in [0.1, 0.15) is 5.56 Å². The maximum atomic E-state index is 12.4. The third-order valence-electron chi connectivity index (χ3n) is 2.35. The molecule has 0 spiro atoms. The average molecular weight is 291 g/mol. The largest absolute Gasteiger partial charge is 0.416 e. The molecular formula is C10H8F3N3O2S. The highest BCUT2D eigenvalue weighted by atomic mass is 32.2. The van der Waals surface area contributed by atoms with E-state index in [9.17, 15) is 21.6 Å². The first kappa shape index (κ1) is 13.6. The van der Waals surface area contributed by atoms with E-state index in [4.69, 9.17) is 5.14 Å². The first-order chi connectivity index (χ1) is 8.68. The molecule has 1 aromatic carbocycles. The van der Waals surface area contributed by atoms with E-state index >= 15 is 0 Å². The number of sulfonamides is 1.